The molecule has 0 saturated heterocycles. The first kappa shape index (κ1) is 18.9. The van der Waals surface area contributed by atoms with Crippen molar-refractivity contribution in [3.05, 3.63) is 63.6 Å². The molecule has 0 fully saturated rings. The zero-order valence-corrected chi connectivity index (χ0v) is 15.6. The molecule has 0 unspecified atom stereocenters. The first-order chi connectivity index (χ1) is 11.7. The molecule has 130 valence electrons. The van der Waals surface area contributed by atoms with Crippen molar-refractivity contribution in [2.45, 2.75) is 20.1 Å². The molecule has 2 rings (SSSR count). The summed E-state index contributed by atoms with van der Waals surface area (Å²) < 4.78 is 7.05. The molecule has 0 aliphatic heterocycles. The number of halogens is 1. The number of aliphatic hydroxyl groups is 1. The summed E-state index contributed by atoms with van der Waals surface area (Å²) in [6.45, 7) is 5.85. The highest BCUT2D eigenvalue weighted by Gasteiger charge is 2.05. The van der Waals surface area contributed by atoms with Crippen molar-refractivity contribution >= 4 is 15.9 Å². The maximum atomic E-state index is 8.73. The van der Waals surface area contributed by atoms with E-state index in [1.54, 1.807) is 0 Å². The van der Waals surface area contributed by atoms with Gasteiger partial charge in [-0.15, -0.1) is 0 Å². The highest BCUT2D eigenvalue weighted by Crippen LogP contribution is 2.24. The molecule has 5 heteroatoms. The SMILES string of the molecule is Cc1ccc(COc2ccc(Br)cc2CNCCNCCO)cc1. The lowest BCUT2D eigenvalue weighted by Gasteiger charge is -2.13. The van der Waals surface area contributed by atoms with Crippen molar-refractivity contribution in [2.24, 2.45) is 0 Å². The number of nitrogens with one attached hydrogen (secondary N) is 2. The number of aryl methyl sites for hydroxylation is 1. The number of benzene rings is 2. The van der Waals surface area contributed by atoms with E-state index in [0.717, 1.165) is 41.0 Å². The smallest absolute Gasteiger partial charge is 0.124 e. The fourth-order valence-electron chi connectivity index (χ4n) is 2.28. The van der Waals surface area contributed by atoms with E-state index in [4.69, 9.17) is 9.84 Å². The van der Waals surface area contributed by atoms with Gasteiger partial charge in [0.15, 0.2) is 0 Å². The fraction of sp³-hybridized carbons (Fsp3) is 0.368. The minimum absolute atomic E-state index is 0.169. The molecule has 0 heterocycles. The molecule has 0 aromatic heterocycles. The van der Waals surface area contributed by atoms with Gasteiger partial charge in [0.1, 0.15) is 12.4 Å². The van der Waals surface area contributed by atoms with Crippen LogP contribution in [0.1, 0.15) is 16.7 Å². The van der Waals surface area contributed by atoms with E-state index >= 15 is 0 Å². The van der Waals surface area contributed by atoms with Crippen LogP contribution < -0.4 is 15.4 Å². The predicted octanol–water partition coefficient (Wildman–Crippen LogP) is 3.01. The summed E-state index contributed by atoms with van der Waals surface area (Å²) in [6, 6.07) is 14.5. The van der Waals surface area contributed by atoms with E-state index in [9.17, 15) is 0 Å². The van der Waals surface area contributed by atoms with Gasteiger partial charge < -0.3 is 20.5 Å². The van der Waals surface area contributed by atoms with Gasteiger partial charge in [0, 0.05) is 36.2 Å². The topological polar surface area (TPSA) is 53.5 Å². The predicted molar refractivity (Wildman–Crippen MR) is 101 cm³/mol. The van der Waals surface area contributed by atoms with Gasteiger partial charge in [-0.05, 0) is 30.7 Å². The Morgan fingerprint density at radius 1 is 1.00 bits per heavy atom. The van der Waals surface area contributed by atoms with E-state index in [-0.39, 0.29) is 6.61 Å². The van der Waals surface area contributed by atoms with Crippen LogP contribution in [0.5, 0.6) is 5.75 Å². The Morgan fingerprint density at radius 3 is 2.50 bits per heavy atom. The van der Waals surface area contributed by atoms with Gasteiger partial charge in [0.05, 0.1) is 6.61 Å². The standard InChI is InChI=1S/C19H25BrN2O2/c1-15-2-4-16(5-3-15)14-24-19-7-6-18(20)12-17(19)13-22-9-8-21-10-11-23/h2-7,12,21-23H,8-11,13-14H2,1H3. The van der Waals surface area contributed by atoms with E-state index in [0.29, 0.717) is 13.2 Å². The van der Waals surface area contributed by atoms with Crippen LogP contribution in [0, 0.1) is 6.92 Å². The summed E-state index contributed by atoms with van der Waals surface area (Å²) in [4.78, 5) is 0. The van der Waals surface area contributed by atoms with Gasteiger partial charge in [-0.25, -0.2) is 0 Å². The van der Waals surface area contributed by atoms with Crippen LogP contribution in [0.2, 0.25) is 0 Å². The highest BCUT2D eigenvalue weighted by atomic mass is 79.9. The van der Waals surface area contributed by atoms with Gasteiger partial charge in [-0.1, -0.05) is 45.8 Å². The van der Waals surface area contributed by atoms with Crippen molar-refractivity contribution in [1.29, 1.82) is 0 Å². The Kier molecular flexibility index (Phi) is 8.25. The molecule has 0 saturated carbocycles. The average Bonchev–Trinajstić information content (AvgIpc) is 2.58. The van der Waals surface area contributed by atoms with Crippen LogP contribution in [-0.4, -0.2) is 31.3 Å². The summed E-state index contributed by atoms with van der Waals surface area (Å²) in [5, 5.41) is 15.3. The fourth-order valence-corrected chi connectivity index (χ4v) is 2.68. The van der Waals surface area contributed by atoms with Crippen LogP contribution >= 0.6 is 15.9 Å². The molecular weight excluding hydrogens is 368 g/mol. The molecule has 2 aromatic rings. The molecule has 0 aliphatic rings. The Bertz CT molecular complexity index is 617. The van der Waals surface area contributed by atoms with E-state index in [2.05, 4.69) is 63.8 Å². The quantitative estimate of drug-likeness (QED) is 0.544. The number of rotatable bonds is 10. The van der Waals surface area contributed by atoms with Crippen molar-refractivity contribution in [1.82, 2.24) is 10.6 Å². The second kappa shape index (κ2) is 10.5. The van der Waals surface area contributed by atoms with Gasteiger partial charge in [-0.2, -0.15) is 0 Å². The van der Waals surface area contributed by atoms with Gasteiger partial charge >= 0.3 is 0 Å². The second-order valence-corrected chi connectivity index (χ2v) is 6.59. The molecule has 3 N–H and O–H groups in total. The van der Waals surface area contributed by atoms with E-state index < -0.39 is 0 Å². The monoisotopic (exact) mass is 392 g/mol. The largest absolute Gasteiger partial charge is 0.489 e. The normalized spacial score (nSPS) is 10.8. The first-order valence-electron chi connectivity index (χ1n) is 8.18. The molecule has 0 atom stereocenters. The molecular formula is C19H25BrN2O2. The molecule has 0 bridgehead atoms. The zero-order valence-electron chi connectivity index (χ0n) is 14.0. The third-order valence-electron chi connectivity index (χ3n) is 3.62. The van der Waals surface area contributed by atoms with Gasteiger partial charge in [-0.3, -0.25) is 0 Å². The number of hydrogen-bond donors (Lipinski definition) is 3. The lowest BCUT2D eigenvalue weighted by molar-refractivity contribution is 0.292. The maximum Gasteiger partial charge on any atom is 0.124 e. The van der Waals surface area contributed by atoms with Crippen LogP contribution in [0.15, 0.2) is 46.9 Å². The van der Waals surface area contributed by atoms with Gasteiger partial charge in [0.25, 0.3) is 0 Å². The Hall–Kier alpha value is -1.40. The van der Waals surface area contributed by atoms with Crippen molar-refractivity contribution < 1.29 is 9.84 Å². The van der Waals surface area contributed by atoms with Crippen molar-refractivity contribution in [3.63, 3.8) is 0 Å². The summed E-state index contributed by atoms with van der Waals surface area (Å²) >= 11 is 3.52. The summed E-state index contributed by atoms with van der Waals surface area (Å²) in [7, 11) is 0. The molecule has 0 radical (unpaired) electrons. The third kappa shape index (κ3) is 6.61. The zero-order chi connectivity index (χ0) is 17.2. The summed E-state index contributed by atoms with van der Waals surface area (Å²) in [5.41, 5.74) is 3.54. The highest BCUT2D eigenvalue weighted by molar-refractivity contribution is 9.10. The Labute approximate surface area is 152 Å². The average molecular weight is 393 g/mol. The summed E-state index contributed by atoms with van der Waals surface area (Å²) in [5.74, 6) is 0.898. The lowest BCUT2D eigenvalue weighted by Crippen LogP contribution is -2.28. The molecule has 4 nitrogen and oxygen atoms in total. The van der Waals surface area contributed by atoms with Crippen LogP contribution in [-0.2, 0) is 13.2 Å². The number of ether oxygens (including phenoxy) is 1. The lowest BCUT2D eigenvalue weighted by atomic mass is 10.1. The molecule has 24 heavy (non-hydrogen) atoms. The van der Waals surface area contributed by atoms with Crippen LogP contribution in [0.3, 0.4) is 0 Å². The van der Waals surface area contributed by atoms with E-state index in [1.807, 2.05) is 12.1 Å². The Balaban J connectivity index is 1.88. The third-order valence-corrected chi connectivity index (χ3v) is 4.11. The Morgan fingerprint density at radius 2 is 1.75 bits per heavy atom. The van der Waals surface area contributed by atoms with Crippen molar-refractivity contribution in [2.75, 3.05) is 26.2 Å². The maximum absolute atomic E-state index is 8.73. The first-order valence-corrected chi connectivity index (χ1v) is 8.97. The molecule has 2 aromatic carbocycles. The minimum Gasteiger partial charge on any atom is -0.489 e. The van der Waals surface area contributed by atoms with Gasteiger partial charge in [0.2, 0.25) is 0 Å². The number of hydrogen-bond acceptors (Lipinski definition) is 4. The molecule has 0 spiro atoms. The van der Waals surface area contributed by atoms with Crippen LogP contribution in [0.4, 0.5) is 0 Å². The number of aliphatic hydroxyl groups excluding tert-OH is 1. The summed E-state index contributed by atoms with van der Waals surface area (Å²) in [6.07, 6.45) is 0. The minimum atomic E-state index is 0.169. The van der Waals surface area contributed by atoms with Crippen molar-refractivity contribution in [3.8, 4) is 5.75 Å². The second-order valence-electron chi connectivity index (χ2n) is 5.68. The van der Waals surface area contributed by atoms with Crippen LogP contribution in [0.25, 0.3) is 0 Å². The molecule has 0 aliphatic carbocycles. The van der Waals surface area contributed by atoms with E-state index in [1.165, 1.54) is 5.56 Å². The molecule has 0 amide bonds.